The molecule has 0 spiro atoms. The number of nitrogens with one attached hydrogen (secondary N) is 1. The van der Waals surface area contributed by atoms with Crippen LogP contribution in [0.15, 0.2) is 24.3 Å². The Labute approximate surface area is 148 Å². The first kappa shape index (κ1) is 16.4. The van der Waals surface area contributed by atoms with Crippen LogP contribution in [-0.2, 0) is 15.1 Å². The van der Waals surface area contributed by atoms with Gasteiger partial charge in [0.25, 0.3) is 0 Å². The number of piperidine rings is 1. The van der Waals surface area contributed by atoms with Crippen molar-refractivity contribution in [3.8, 4) is 5.75 Å². The highest BCUT2D eigenvalue weighted by molar-refractivity contribution is 5.84. The molecule has 2 aliphatic carbocycles. The molecule has 2 saturated carbocycles. The van der Waals surface area contributed by atoms with Crippen LogP contribution in [0.2, 0.25) is 0 Å². The quantitative estimate of drug-likeness (QED) is 0.894. The number of benzene rings is 1. The number of methoxy groups -OCH3 is 1. The molecule has 25 heavy (non-hydrogen) atoms. The van der Waals surface area contributed by atoms with Crippen LogP contribution in [-0.4, -0.2) is 36.9 Å². The van der Waals surface area contributed by atoms with Crippen molar-refractivity contribution in [2.45, 2.75) is 44.1 Å². The van der Waals surface area contributed by atoms with E-state index in [0.29, 0.717) is 6.54 Å². The molecule has 0 bridgehead atoms. The Balaban J connectivity index is 1.41. The van der Waals surface area contributed by atoms with E-state index >= 15 is 0 Å². The molecular weight excluding hydrogens is 316 g/mol. The predicted octanol–water partition coefficient (Wildman–Crippen LogP) is 2.45. The van der Waals surface area contributed by atoms with E-state index in [0.717, 1.165) is 56.4 Å². The Morgan fingerprint density at radius 1 is 1.20 bits per heavy atom. The maximum absolute atomic E-state index is 12.9. The fourth-order valence-corrected chi connectivity index (χ4v) is 3.85. The Morgan fingerprint density at radius 2 is 2.00 bits per heavy atom. The van der Waals surface area contributed by atoms with Gasteiger partial charge >= 0.3 is 0 Å². The molecule has 134 valence electrons. The van der Waals surface area contributed by atoms with E-state index in [-0.39, 0.29) is 29.2 Å². The zero-order valence-electron chi connectivity index (χ0n) is 14.8. The van der Waals surface area contributed by atoms with Crippen LogP contribution in [0, 0.1) is 11.8 Å². The lowest BCUT2D eigenvalue weighted by molar-refractivity contribution is -0.137. The van der Waals surface area contributed by atoms with Gasteiger partial charge in [0.15, 0.2) is 0 Å². The Morgan fingerprint density at radius 3 is 2.68 bits per heavy atom. The van der Waals surface area contributed by atoms with Crippen LogP contribution < -0.4 is 10.1 Å². The molecule has 5 heteroatoms. The summed E-state index contributed by atoms with van der Waals surface area (Å²) in [5.74, 6) is 1.31. The maximum atomic E-state index is 12.9. The van der Waals surface area contributed by atoms with Crippen LogP contribution >= 0.6 is 0 Å². The lowest BCUT2D eigenvalue weighted by Crippen LogP contribution is -2.48. The molecule has 0 aromatic heterocycles. The van der Waals surface area contributed by atoms with Gasteiger partial charge in [-0.2, -0.15) is 0 Å². The SMILES string of the molecule is COc1cccc(C2(NC(=O)C3CCCN(C(=O)C4CC4)C3)CC2)c1. The van der Waals surface area contributed by atoms with E-state index in [2.05, 4.69) is 11.4 Å². The third-order valence-corrected chi connectivity index (χ3v) is 5.77. The number of carbonyl (C=O) groups is 2. The molecule has 5 nitrogen and oxygen atoms in total. The molecule has 2 amide bonds. The van der Waals surface area contributed by atoms with Crippen molar-refractivity contribution in [1.29, 1.82) is 0 Å². The van der Waals surface area contributed by atoms with Gasteiger partial charge in [-0.3, -0.25) is 9.59 Å². The number of rotatable bonds is 5. The van der Waals surface area contributed by atoms with Gasteiger partial charge in [0, 0.05) is 19.0 Å². The highest BCUT2D eigenvalue weighted by atomic mass is 16.5. The molecule has 1 aromatic rings. The molecule has 1 atom stereocenters. The lowest BCUT2D eigenvalue weighted by atomic mass is 9.95. The number of amides is 2. The number of nitrogens with zero attached hydrogens (tertiary/aromatic N) is 1. The van der Waals surface area contributed by atoms with Crippen LogP contribution in [0.25, 0.3) is 0 Å². The molecule has 1 heterocycles. The highest BCUT2D eigenvalue weighted by Gasteiger charge is 2.47. The van der Waals surface area contributed by atoms with E-state index in [1.54, 1.807) is 7.11 Å². The van der Waals surface area contributed by atoms with E-state index in [1.165, 1.54) is 0 Å². The van der Waals surface area contributed by atoms with Crippen LogP contribution in [0.5, 0.6) is 5.75 Å². The summed E-state index contributed by atoms with van der Waals surface area (Å²) in [6.45, 7) is 1.38. The standard InChI is InChI=1S/C20H26N2O3/c1-25-17-6-2-5-16(12-17)20(9-10-20)21-18(23)15-4-3-11-22(13-15)19(24)14-7-8-14/h2,5-6,12,14-15H,3-4,7-11,13H2,1H3,(H,21,23). The lowest BCUT2D eigenvalue weighted by Gasteiger charge is -2.33. The summed E-state index contributed by atoms with van der Waals surface area (Å²) >= 11 is 0. The summed E-state index contributed by atoms with van der Waals surface area (Å²) in [7, 11) is 1.66. The summed E-state index contributed by atoms with van der Waals surface area (Å²) in [4.78, 5) is 27.1. The third-order valence-electron chi connectivity index (χ3n) is 5.77. The first-order valence-corrected chi connectivity index (χ1v) is 9.37. The molecule has 4 rings (SSSR count). The van der Waals surface area contributed by atoms with Gasteiger partial charge in [0.05, 0.1) is 18.6 Å². The molecule has 3 fully saturated rings. The number of likely N-dealkylation sites (tertiary alicyclic amines) is 1. The molecular formula is C20H26N2O3. The van der Waals surface area contributed by atoms with Gasteiger partial charge in [-0.15, -0.1) is 0 Å². The van der Waals surface area contributed by atoms with Gasteiger partial charge in [-0.1, -0.05) is 12.1 Å². The largest absolute Gasteiger partial charge is 0.497 e. The number of hydrogen-bond donors (Lipinski definition) is 1. The van der Waals surface area contributed by atoms with Gasteiger partial charge < -0.3 is 15.0 Å². The summed E-state index contributed by atoms with van der Waals surface area (Å²) < 4.78 is 5.31. The zero-order valence-corrected chi connectivity index (χ0v) is 14.8. The monoisotopic (exact) mass is 342 g/mol. The summed E-state index contributed by atoms with van der Waals surface area (Å²) in [6, 6.07) is 7.96. The smallest absolute Gasteiger partial charge is 0.225 e. The molecule has 1 aliphatic heterocycles. The normalized spacial score (nSPS) is 24.5. The average Bonchev–Trinajstić information content (AvgIpc) is 3.56. The van der Waals surface area contributed by atoms with E-state index in [9.17, 15) is 9.59 Å². The molecule has 3 aliphatic rings. The Hall–Kier alpha value is -2.04. The minimum atomic E-state index is -0.242. The van der Waals surface area contributed by atoms with E-state index in [4.69, 9.17) is 4.74 Å². The third kappa shape index (κ3) is 3.37. The minimum Gasteiger partial charge on any atom is -0.497 e. The van der Waals surface area contributed by atoms with E-state index < -0.39 is 0 Å². The van der Waals surface area contributed by atoms with Gasteiger partial charge in [0.2, 0.25) is 11.8 Å². The molecule has 1 aromatic carbocycles. The fraction of sp³-hybridized carbons (Fsp3) is 0.600. The van der Waals surface area contributed by atoms with Gasteiger partial charge in [0.1, 0.15) is 5.75 Å². The van der Waals surface area contributed by atoms with Crippen LogP contribution in [0.4, 0.5) is 0 Å². The van der Waals surface area contributed by atoms with Gasteiger partial charge in [-0.25, -0.2) is 0 Å². The van der Waals surface area contributed by atoms with Crippen molar-refractivity contribution in [2.24, 2.45) is 11.8 Å². The first-order valence-electron chi connectivity index (χ1n) is 9.37. The fourth-order valence-electron chi connectivity index (χ4n) is 3.85. The maximum Gasteiger partial charge on any atom is 0.225 e. The molecule has 1 saturated heterocycles. The summed E-state index contributed by atoms with van der Waals surface area (Å²) in [5.41, 5.74) is 0.871. The molecule has 0 radical (unpaired) electrons. The highest BCUT2D eigenvalue weighted by Crippen LogP contribution is 2.46. The van der Waals surface area contributed by atoms with Crippen LogP contribution in [0.3, 0.4) is 0 Å². The molecule has 1 unspecified atom stereocenters. The number of hydrogen-bond acceptors (Lipinski definition) is 3. The number of carbonyl (C=O) groups excluding carboxylic acids is 2. The average molecular weight is 342 g/mol. The molecule has 1 N–H and O–H groups in total. The topological polar surface area (TPSA) is 58.6 Å². The zero-order chi connectivity index (χ0) is 17.4. The second-order valence-electron chi connectivity index (χ2n) is 7.70. The summed E-state index contributed by atoms with van der Waals surface area (Å²) in [6.07, 6.45) is 5.75. The number of ether oxygens (including phenoxy) is 1. The predicted molar refractivity (Wildman–Crippen MR) is 94.1 cm³/mol. The van der Waals surface area contributed by atoms with E-state index in [1.807, 2.05) is 23.1 Å². The summed E-state index contributed by atoms with van der Waals surface area (Å²) in [5, 5.41) is 3.28. The van der Waals surface area contributed by atoms with Crippen molar-refractivity contribution >= 4 is 11.8 Å². The Bertz CT molecular complexity index is 679. The van der Waals surface area contributed by atoms with Crippen LogP contribution in [0.1, 0.15) is 44.1 Å². The van der Waals surface area contributed by atoms with Crippen molar-refractivity contribution in [3.63, 3.8) is 0 Å². The van der Waals surface area contributed by atoms with Crippen molar-refractivity contribution < 1.29 is 14.3 Å². The second kappa shape index (κ2) is 6.36. The van der Waals surface area contributed by atoms with Crippen molar-refractivity contribution in [2.75, 3.05) is 20.2 Å². The van der Waals surface area contributed by atoms with Crippen molar-refractivity contribution in [3.05, 3.63) is 29.8 Å². The Kier molecular flexibility index (Phi) is 4.18. The van der Waals surface area contributed by atoms with Crippen molar-refractivity contribution in [1.82, 2.24) is 10.2 Å². The second-order valence-corrected chi connectivity index (χ2v) is 7.70. The first-order chi connectivity index (χ1) is 12.1. The minimum absolute atomic E-state index is 0.0838. The van der Waals surface area contributed by atoms with Gasteiger partial charge in [-0.05, 0) is 56.2 Å².